The Bertz CT molecular complexity index is 633. The van der Waals surface area contributed by atoms with Gasteiger partial charge in [0.15, 0.2) is 0 Å². The maximum atomic E-state index is 4.49. The van der Waals surface area contributed by atoms with Gasteiger partial charge < -0.3 is 0 Å². The molecule has 1 heteroatoms. The Morgan fingerprint density at radius 1 is 0.806 bits per heavy atom. The fraction of sp³-hybridized carbons (Fsp3) is 0.600. The van der Waals surface area contributed by atoms with Crippen LogP contribution in [0.2, 0.25) is 13.3 Å². The molecule has 0 saturated carbocycles. The van der Waals surface area contributed by atoms with E-state index in [-0.39, 0.29) is 0 Å². The van der Waals surface area contributed by atoms with E-state index in [9.17, 15) is 0 Å². The van der Waals surface area contributed by atoms with E-state index in [2.05, 4.69) is 64.8 Å². The molecule has 0 amide bonds. The summed E-state index contributed by atoms with van der Waals surface area (Å²) in [6.07, 6.45) is 19.2. The summed E-state index contributed by atoms with van der Waals surface area (Å²) in [5.74, 6) is 0. The molecular formula is C30H50Sn. The molecule has 0 N–H and O–H groups in total. The average Bonchev–Trinajstić information content (AvgIpc) is 2.79. The molecule has 1 rings (SSSR count). The van der Waals surface area contributed by atoms with Crippen LogP contribution in [0.4, 0.5) is 0 Å². The van der Waals surface area contributed by atoms with Gasteiger partial charge >= 0.3 is 200 Å². The molecular weight excluding hydrogens is 479 g/mol. The minimum absolute atomic E-state index is 1.08. The molecule has 1 aromatic carbocycles. The van der Waals surface area contributed by atoms with Gasteiger partial charge in [-0.15, -0.1) is 0 Å². The van der Waals surface area contributed by atoms with Crippen LogP contribution in [0.1, 0.15) is 103 Å². The van der Waals surface area contributed by atoms with Crippen molar-refractivity contribution in [2.24, 2.45) is 0 Å². The van der Waals surface area contributed by atoms with Crippen molar-refractivity contribution in [3.05, 3.63) is 61.2 Å². The number of hydrogen-bond donors (Lipinski definition) is 0. The van der Waals surface area contributed by atoms with Crippen molar-refractivity contribution in [2.45, 2.75) is 111 Å². The third-order valence-corrected chi connectivity index (χ3v) is 22.7. The van der Waals surface area contributed by atoms with Gasteiger partial charge in [0.2, 0.25) is 0 Å². The third kappa shape index (κ3) is 9.72. The Morgan fingerprint density at radius 3 is 1.87 bits per heavy atom. The first-order valence-corrected chi connectivity index (χ1v) is 20.6. The first-order valence-electron chi connectivity index (χ1n) is 13.1. The van der Waals surface area contributed by atoms with E-state index >= 15 is 0 Å². The fourth-order valence-electron chi connectivity index (χ4n) is 4.87. The summed E-state index contributed by atoms with van der Waals surface area (Å²) in [5, 5.41) is 0. The third-order valence-electron chi connectivity index (χ3n) is 6.86. The number of aryl methyl sites for hydroxylation is 1. The predicted octanol–water partition coefficient (Wildman–Crippen LogP) is 9.62. The molecule has 0 spiro atoms. The van der Waals surface area contributed by atoms with Crippen molar-refractivity contribution in [1.82, 2.24) is 0 Å². The second-order valence-corrected chi connectivity index (χ2v) is 22.6. The second-order valence-electron chi connectivity index (χ2n) is 9.43. The van der Waals surface area contributed by atoms with E-state index < -0.39 is 18.4 Å². The Hall–Kier alpha value is -0.761. The topological polar surface area (TPSA) is 0 Å². The van der Waals surface area contributed by atoms with Gasteiger partial charge in [-0.05, 0) is 0 Å². The van der Waals surface area contributed by atoms with Gasteiger partial charge in [0.1, 0.15) is 0 Å². The molecule has 0 aliphatic carbocycles. The molecule has 0 nitrogen and oxygen atoms in total. The standard InChI is InChI=1S/C18H23.3C4H9.Sn/c1-4-6-8-10-16(3)18-14-12-17(13-15-18)11-9-7-5-2;3*1-3-4-2;/h4-5,12,14-15H,1-3,6-11H2;3*1,3-4H2,2H3;. The Kier molecular flexibility index (Phi) is 15.3. The molecule has 0 unspecified atom stereocenters. The van der Waals surface area contributed by atoms with Crippen LogP contribution in [0, 0.1) is 0 Å². The van der Waals surface area contributed by atoms with Gasteiger partial charge in [0.05, 0.1) is 0 Å². The summed E-state index contributed by atoms with van der Waals surface area (Å²) >= 11 is -2.49. The summed E-state index contributed by atoms with van der Waals surface area (Å²) in [7, 11) is 0. The van der Waals surface area contributed by atoms with E-state index in [1.54, 1.807) is 5.56 Å². The summed E-state index contributed by atoms with van der Waals surface area (Å²) in [6, 6.07) is 7.51. The van der Waals surface area contributed by atoms with Crippen LogP contribution < -0.4 is 3.58 Å². The van der Waals surface area contributed by atoms with Gasteiger partial charge in [-0.25, -0.2) is 0 Å². The molecule has 0 aliphatic rings. The van der Waals surface area contributed by atoms with Crippen LogP contribution in [0.25, 0.3) is 5.57 Å². The van der Waals surface area contributed by atoms with Crippen LogP contribution in [-0.4, -0.2) is 18.4 Å². The predicted molar refractivity (Wildman–Crippen MR) is 147 cm³/mol. The summed E-state index contributed by atoms with van der Waals surface area (Å²) in [5.41, 5.74) is 4.41. The summed E-state index contributed by atoms with van der Waals surface area (Å²) in [4.78, 5) is 0. The van der Waals surface area contributed by atoms with E-state index in [0.29, 0.717) is 0 Å². The van der Waals surface area contributed by atoms with Gasteiger partial charge in [-0.3, -0.25) is 0 Å². The maximum absolute atomic E-state index is 4.49. The monoisotopic (exact) mass is 530 g/mol. The zero-order valence-electron chi connectivity index (χ0n) is 21.1. The van der Waals surface area contributed by atoms with E-state index in [1.165, 1.54) is 75.8 Å². The number of benzene rings is 1. The van der Waals surface area contributed by atoms with E-state index in [4.69, 9.17) is 0 Å². The molecule has 0 fully saturated rings. The molecule has 174 valence electrons. The number of rotatable bonds is 19. The molecule has 0 aliphatic heterocycles. The van der Waals surface area contributed by atoms with Gasteiger partial charge in [-0.2, -0.15) is 0 Å². The number of hydrogen-bond acceptors (Lipinski definition) is 0. The van der Waals surface area contributed by atoms with Crippen LogP contribution >= 0.6 is 0 Å². The van der Waals surface area contributed by atoms with Gasteiger partial charge in [0, 0.05) is 0 Å². The van der Waals surface area contributed by atoms with Crippen LogP contribution in [0.15, 0.2) is 50.1 Å². The number of unbranched alkanes of at least 4 members (excludes halogenated alkanes) is 5. The van der Waals surface area contributed by atoms with Crippen molar-refractivity contribution in [3.8, 4) is 0 Å². The van der Waals surface area contributed by atoms with Crippen molar-refractivity contribution < 1.29 is 0 Å². The molecule has 0 saturated heterocycles. The average molecular weight is 529 g/mol. The molecule has 0 aromatic heterocycles. The quantitative estimate of drug-likeness (QED) is 0.0951. The van der Waals surface area contributed by atoms with E-state index in [0.717, 1.165) is 25.7 Å². The fourth-order valence-corrected chi connectivity index (χ4v) is 22.0. The van der Waals surface area contributed by atoms with Crippen molar-refractivity contribution >= 4 is 27.5 Å². The van der Waals surface area contributed by atoms with Crippen molar-refractivity contribution in [1.29, 1.82) is 0 Å². The van der Waals surface area contributed by atoms with Crippen LogP contribution in [0.5, 0.6) is 0 Å². The molecule has 1 aromatic rings. The van der Waals surface area contributed by atoms with Crippen molar-refractivity contribution in [3.63, 3.8) is 0 Å². The Morgan fingerprint density at radius 2 is 1.35 bits per heavy atom. The second kappa shape index (κ2) is 16.8. The Labute approximate surface area is 199 Å². The molecule has 0 heterocycles. The molecule has 31 heavy (non-hydrogen) atoms. The first kappa shape index (κ1) is 28.3. The van der Waals surface area contributed by atoms with E-state index in [1.807, 2.05) is 9.66 Å². The van der Waals surface area contributed by atoms with Gasteiger partial charge in [-0.1, -0.05) is 0 Å². The summed E-state index contributed by atoms with van der Waals surface area (Å²) < 4.78 is 6.46. The summed E-state index contributed by atoms with van der Waals surface area (Å²) in [6.45, 7) is 19.4. The first-order chi connectivity index (χ1) is 15.1. The van der Waals surface area contributed by atoms with Gasteiger partial charge in [0.25, 0.3) is 0 Å². The van der Waals surface area contributed by atoms with Crippen molar-refractivity contribution in [2.75, 3.05) is 0 Å². The van der Waals surface area contributed by atoms with Crippen LogP contribution in [-0.2, 0) is 6.42 Å². The molecule has 0 radical (unpaired) electrons. The van der Waals surface area contributed by atoms with Crippen LogP contribution in [0.3, 0.4) is 0 Å². The number of allylic oxidation sites excluding steroid dienone is 3. The normalized spacial score (nSPS) is 11.5. The molecule has 0 bridgehead atoms. The minimum atomic E-state index is -2.49. The Balaban J connectivity index is 3.43. The zero-order chi connectivity index (χ0) is 23.0. The SMILES string of the molecule is C=CCCCC(=C)c1ccc(CCCC=C)[c]([Sn]([CH2]CCC)([CH2]CCC)[CH2]CCC)c1. The zero-order valence-corrected chi connectivity index (χ0v) is 24.0. The molecule has 0 atom stereocenters.